The number of fused-ring (bicyclic) bond motifs is 1. The third-order valence-electron chi connectivity index (χ3n) is 5.20. The Hall–Kier alpha value is 0.0875. The fourth-order valence-corrected chi connectivity index (χ4v) is 18.3. The fraction of sp³-hybridized carbons (Fsp3) is 0.571. The van der Waals surface area contributed by atoms with Gasteiger partial charge in [-0.2, -0.15) is 0 Å². The second-order valence-corrected chi connectivity index (χ2v) is 12.7. The highest BCUT2D eigenvalue weighted by Crippen LogP contribution is 2.51. The number of hydrogen-bond acceptors (Lipinski definition) is 0. The molecule has 1 aromatic rings. The molecule has 4 heteroatoms. The van der Waals surface area contributed by atoms with Gasteiger partial charge in [0.15, 0.2) is 0 Å². The second kappa shape index (κ2) is 6.50. The Morgan fingerprint density at radius 3 is 1.33 bits per heavy atom. The molecule has 0 bridgehead atoms. The average molecular weight is 309 g/mol. The van der Waals surface area contributed by atoms with E-state index in [0.717, 1.165) is 11.1 Å². The maximum Gasteiger partial charge on any atom is 0.0256 e. The Labute approximate surface area is 122 Å². The fourth-order valence-electron chi connectivity index (χ4n) is 4.46. The number of hydrogen-bond donors (Lipinski definition) is 0. The molecule has 4 unspecified atom stereocenters. The van der Waals surface area contributed by atoms with Crippen LogP contribution in [0.3, 0.4) is 0 Å². The highest BCUT2D eigenvalue weighted by molar-refractivity contribution is 6.51. The molecule has 0 nitrogen and oxygen atoms in total. The molecule has 0 saturated heterocycles. The van der Waals surface area contributed by atoms with Gasteiger partial charge in [0.25, 0.3) is 0 Å². The summed E-state index contributed by atoms with van der Waals surface area (Å²) >= 11 is 0. The summed E-state index contributed by atoms with van der Waals surface area (Å²) in [5, 5.41) is 0. The first-order valence-corrected chi connectivity index (χ1v) is 16.8. The van der Waals surface area contributed by atoms with Crippen LogP contribution in [0.5, 0.6) is 0 Å². The van der Waals surface area contributed by atoms with Gasteiger partial charge >= 0.3 is 0 Å². The van der Waals surface area contributed by atoms with E-state index in [4.69, 9.17) is 0 Å². The van der Waals surface area contributed by atoms with Gasteiger partial charge in [-0.1, -0.05) is 50.5 Å². The number of benzene rings is 1. The Balaban J connectivity index is 2.50. The van der Waals surface area contributed by atoms with Crippen molar-refractivity contribution in [3.05, 3.63) is 35.4 Å². The molecule has 0 radical (unpaired) electrons. The molecule has 0 N–H and O–H groups in total. The predicted octanol–water partition coefficient (Wildman–Crippen LogP) is 1.23. The summed E-state index contributed by atoms with van der Waals surface area (Å²) < 4.78 is 0. The van der Waals surface area contributed by atoms with E-state index in [0.29, 0.717) is 0 Å². The molecule has 18 heavy (non-hydrogen) atoms. The van der Waals surface area contributed by atoms with Crippen LogP contribution in [0.1, 0.15) is 22.2 Å². The van der Waals surface area contributed by atoms with E-state index in [9.17, 15) is 0 Å². The van der Waals surface area contributed by atoms with Crippen molar-refractivity contribution in [1.29, 1.82) is 0 Å². The van der Waals surface area contributed by atoms with Gasteiger partial charge in [-0.25, -0.2) is 0 Å². The molecule has 2 rings (SSSR count). The molecule has 0 saturated carbocycles. The topological polar surface area (TPSA) is 0 Å². The molecular weight excluding hydrogens is 280 g/mol. The smallest absolute Gasteiger partial charge is 0.0256 e. The number of rotatable bonds is 4. The Morgan fingerprint density at radius 1 is 0.667 bits per heavy atom. The zero-order valence-corrected chi connectivity index (χ0v) is 18.1. The molecule has 0 aromatic heterocycles. The van der Waals surface area contributed by atoms with Crippen molar-refractivity contribution in [3.63, 3.8) is 0 Å². The molecule has 0 fully saturated rings. The third kappa shape index (κ3) is 2.40. The summed E-state index contributed by atoms with van der Waals surface area (Å²) in [6.45, 7) is 10.3. The molecule has 0 heterocycles. The van der Waals surface area contributed by atoms with E-state index in [-0.39, 0.29) is 38.1 Å². The lowest BCUT2D eigenvalue weighted by Gasteiger charge is -2.44. The quantitative estimate of drug-likeness (QED) is 0.734. The van der Waals surface area contributed by atoms with Crippen LogP contribution in [0.2, 0.25) is 37.3 Å². The first-order valence-electron chi connectivity index (χ1n) is 7.87. The summed E-state index contributed by atoms with van der Waals surface area (Å²) in [4.78, 5) is 0. The SMILES string of the molecule is C[SiH2]C1c2ccccc2C([SiH2]C)C([SiH2]C)C1[SiH2]C. The van der Waals surface area contributed by atoms with Crippen LogP contribution >= 0.6 is 0 Å². The van der Waals surface area contributed by atoms with Crippen LogP contribution < -0.4 is 0 Å². The van der Waals surface area contributed by atoms with Crippen LogP contribution in [0.15, 0.2) is 24.3 Å². The molecule has 0 amide bonds. The first-order chi connectivity index (χ1) is 8.78. The summed E-state index contributed by atoms with van der Waals surface area (Å²) in [7, 11) is 0.529. The van der Waals surface area contributed by atoms with Gasteiger partial charge < -0.3 is 0 Å². The zero-order chi connectivity index (χ0) is 13.1. The Morgan fingerprint density at radius 2 is 1.06 bits per heavy atom. The highest BCUT2D eigenvalue weighted by Gasteiger charge is 2.38. The maximum absolute atomic E-state index is 2.58. The van der Waals surface area contributed by atoms with E-state index in [2.05, 4.69) is 50.5 Å². The van der Waals surface area contributed by atoms with Crippen molar-refractivity contribution in [2.24, 2.45) is 0 Å². The standard InChI is InChI=1S/C14H28Si4/c1-15-11-9-7-5-6-8-10(9)12(16-2)14(18-4)13(11)17-3/h5-8,11-14H,15-18H2,1-4H3. The zero-order valence-electron chi connectivity index (χ0n) is 12.4. The van der Waals surface area contributed by atoms with E-state index in [1.54, 1.807) is 0 Å². The van der Waals surface area contributed by atoms with Crippen molar-refractivity contribution < 1.29 is 0 Å². The normalized spacial score (nSPS) is 33.8. The van der Waals surface area contributed by atoms with Gasteiger partial charge in [-0.05, 0) is 33.3 Å². The van der Waals surface area contributed by atoms with Gasteiger partial charge in [0.2, 0.25) is 0 Å². The molecule has 4 atom stereocenters. The molecule has 1 aliphatic rings. The van der Waals surface area contributed by atoms with Crippen molar-refractivity contribution in [2.45, 2.75) is 48.4 Å². The van der Waals surface area contributed by atoms with Gasteiger partial charge in [0, 0.05) is 38.1 Å². The molecule has 1 aliphatic carbocycles. The van der Waals surface area contributed by atoms with Crippen LogP contribution in [0.4, 0.5) is 0 Å². The monoisotopic (exact) mass is 308 g/mol. The Kier molecular flexibility index (Phi) is 5.23. The summed E-state index contributed by atoms with van der Waals surface area (Å²) in [5.74, 6) is 0. The second-order valence-electron chi connectivity index (χ2n) is 5.80. The van der Waals surface area contributed by atoms with Crippen LogP contribution in [-0.4, -0.2) is 38.1 Å². The predicted molar refractivity (Wildman–Crippen MR) is 97.1 cm³/mol. The molecule has 0 aliphatic heterocycles. The lowest BCUT2D eigenvalue weighted by atomic mass is 9.89. The van der Waals surface area contributed by atoms with Gasteiger partial charge in [-0.3, -0.25) is 0 Å². The van der Waals surface area contributed by atoms with E-state index in [1.807, 2.05) is 11.1 Å². The Bertz CT molecular complexity index is 356. The summed E-state index contributed by atoms with van der Waals surface area (Å²) in [6.07, 6.45) is 0. The summed E-state index contributed by atoms with van der Waals surface area (Å²) in [5.41, 5.74) is 8.09. The third-order valence-corrected chi connectivity index (χ3v) is 15.3. The van der Waals surface area contributed by atoms with E-state index in [1.165, 1.54) is 11.1 Å². The lowest BCUT2D eigenvalue weighted by molar-refractivity contribution is 0.630. The molecule has 100 valence electrons. The van der Waals surface area contributed by atoms with E-state index < -0.39 is 0 Å². The van der Waals surface area contributed by atoms with E-state index >= 15 is 0 Å². The average Bonchev–Trinajstić information content (AvgIpc) is 2.44. The van der Waals surface area contributed by atoms with Gasteiger partial charge in [0.05, 0.1) is 0 Å². The minimum absolute atomic E-state index is 0.102. The largest absolute Gasteiger partial charge is 0.0746 e. The van der Waals surface area contributed by atoms with Crippen molar-refractivity contribution in [3.8, 4) is 0 Å². The minimum Gasteiger partial charge on any atom is -0.0746 e. The van der Waals surface area contributed by atoms with Crippen molar-refractivity contribution in [2.75, 3.05) is 0 Å². The molecule has 1 aromatic carbocycles. The highest BCUT2D eigenvalue weighted by atomic mass is 28.2. The minimum atomic E-state index is 0.102. The van der Waals surface area contributed by atoms with Crippen LogP contribution in [0.25, 0.3) is 0 Å². The first kappa shape index (κ1) is 14.5. The maximum atomic E-state index is 2.58. The van der Waals surface area contributed by atoms with Gasteiger partial charge in [0.1, 0.15) is 0 Å². The van der Waals surface area contributed by atoms with Crippen molar-refractivity contribution >= 4 is 38.1 Å². The van der Waals surface area contributed by atoms with Crippen molar-refractivity contribution in [1.82, 2.24) is 0 Å². The molecular formula is C14H28Si4. The molecule has 0 spiro atoms. The summed E-state index contributed by atoms with van der Waals surface area (Å²) in [6, 6.07) is 9.56. The van der Waals surface area contributed by atoms with Crippen LogP contribution in [-0.2, 0) is 0 Å². The lowest BCUT2D eigenvalue weighted by Crippen LogP contribution is -2.34. The van der Waals surface area contributed by atoms with Gasteiger partial charge in [-0.15, -0.1) is 0 Å². The van der Waals surface area contributed by atoms with Crippen LogP contribution in [0, 0.1) is 0 Å².